The van der Waals surface area contributed by atoms with Crippen molar-refractivity contribution in [2.24, 2.45) is 0 Å². The standard InChI is InChI=1S/C14H16BrN5O/c1-9(2)16-14(21)18-13-7-6-12(19-20-13)17-11-5-3-4-10(15)8-11/h3-9H,1-2H3,(H,17,19)(H2,16,18,20,21). The molecule has 7 heteroatoms. The maximum atomic E-state index is 11.5. The first kappa shape index (κ1) is 15.2. The number of carbonyl (C=O) groups excluding carboxylic acids is 1. The summed E-state index contributed by atoms with van der Waals surface area (Å²) in [7, 11) is 0. The number of nitrogens with zero attached hydrogens (tertiary/aromatic N) is 2. The van der Waals surface area contributed by atoms with E-state index in [2.05, 4.69) is 42.1 Å². The topological polar surface area (TPSA) is 78.9 Å². The quantitative estimate of drug-likeness (QED) is 0.788. The number of hydrogen-bond acceptors (Lipinski definition) is 4. The largest absolute Gasteiger partial charge is 0.339 e. The summed E-state index contributed by atoms with van der Waals surface area (Å²) >= 11 is 3.40. The molecule has 1 aromatic carbocycles. The molecule has 1 heterocycles. The summed E-state index contributed by atoms with van der Waals surface area (Å²) in [5, 5.41) is 16.4. The van der Waals surface area contributed by atoms with Crippen LogP contribution in [0.5, 0.6) is 0 Å². The van der Waals surface area contributed by atoms with Crippen molar-refractivity contribution in [3.8, 4) is 0 Å². The zero-order chi connectivity index (χ0) is 15.2. The molecule has 0 unspecified atom stereocenters. The van der Waals surface area contributed by atoms with E-state index < -0.39 is 0 Å². The predicted octanol–water partition coefficient (Wildman–Crippen LogP) is 3.51. The van der Waals surface area contributed by atoms with Gasteiger partial charge in [-0.15, -0.1) is 10.2 Å². The number of halogens is 1. The number of anilines is 3. The second kappa shape index (κ2) is 7.03. The molecule has 2 rings (SSSR count). The third-order valence-electron chi connectivity index (χ3n) is 2.42. The van der Waals surface area contributed by atoms with Gasteiger partial charge in [0.1, 0.15) is 0 Å². The van der Waals surface area contributed by atoms with Crippen molar-refractivity contribution < 1.29 is 4.79 Å². The molecule has 0 aliphatic carbocycles. The van der Waals surface area contributed by atoms with E-state index in [1.807, 2.05) is 38.1 Å². The molecular formula is C14H16BrN5O. The smallest absolute Gasteiger partial charge is 0.320 e. The number of rotatable bonds is 4. The Morgan fingerprint density at radius 1 is 1.14 bits per heavy atom. The number of urea groups is 1. The fraction of sp³-hybridized carbons (Fsp3) is 0.214. The minimum absolute atomic E-state index is 0.0652. The van der Waals surface area contributed by atoms with E-state index in [0.717, 1.165) is 10.2 Å². The van der Waals surface area contributed by atoms with Crippen molar-refractivity contribution in [1.82, 2.24) is 15.5 Å². The van der Waals surface area contributed by atoms with Crippen LogP contribution in [0, 0.1) is 0 Å². The van der Waals surface area contributed by atoms with Crippen molar-refractivity contribution in [1.29, 1.82) is 0 Å². The van der Waals surface area contributed by atoms with Crippen molar-refractivity contribution in [2.45, 2.75) is 19.9 Å². The van der Waals surface area contributed by atoms with Gasteiger partial charge < -0.3 is 10.6 Å². The summed E-state index contributed by atoms with van der Waals surface area (Å²) in [6, 6.07) is 10.9. The van der Waals surface area contributed by atoms with E-state index in [1.165, 1.54) is 0 Å². The highest BCUT2D eigenvalue weighted by molar-refractivity contribution is 9.10. The summed E-state index contributed by atoms with van der Waals surface area (Å²) in [5.74, 6) is 0.996. The number of aromatic nitrogens is 2. The molecule has 2 amide bonds. The average molecular weight is 350 g/mol. The second-order valence-corrected chi connectivity index (χ2v) is 5.61. The molecule has 0 atom stereocenters. The van der Waals surface area contributed by atoms with Crippen LogP contribution < -0.4 is 16.0 Å². The van der Waals surface area contributed by atoms with E-state index >= 15 is 0 Å². The van der Waals surface area contributed by atoms with Crippen LogP contribution in [0.15, 0.2) is 40.9 Å². The first-order valence-corrected chi connectivity index (χ1v) is 7.26. The van der Waals surface area contributed by atoms with Gasteiger partial charge in [0.15, 0.2) is 11.6 Å². The van der Waals surface area contributed by atoms with Crippen LogP contribution in [0.1, 0.15) is 13.8 Å². The van der Waals surface area contributed by atoms with Crippen LogP contribution >= 0.6 is 15.9 Å². The van der Waals surface area contributed by atoms with Gasteiger partial charge in [0.25, 0.3) is 0 Å². The van der Waals surface area contributed by atoms with Gasteiger partial charge in [-0.3, -0.25) is 5.32 Å². The maximum Gasteiger partial charge on any atom is 0.320 e. The average Bonchev–Trinajstić information content (AvgIpc) is 2.40. The molecule has 2 aromatic rings. The zero-order valence-electron chi connectivity index (χ0n) is 11.7. The van der Waals surface area contributed by atoms with Gasteiger partial charge in [-0.25, -0.2) is 4.79 Å². The van der Waals surface area contributed by atoms with Gasteiger partial charge in [0.05, 0.1) is 0 Å². The fourth-order valence-corrected chi connectivity index (χ4v) is 1.99. The molecule has 0 spiro atoms. The molecule has 0 saturated heterocycles. The monoisotopic (exact) mass is 349 g/mol. The van der Waals surface area contributed by atoms with Gasteiger partial charge in [0, 0.05) is 16.2 Å². The molecule has 0 radical (unpaired) electrons. The van der Waals surface area contributed by atoms with E-state index in [1.54, 1.807) is 12.1 Å². The minimum Gasteiger partial charge on any atom is -0.339 e. The molecular weight excluding hydrogens is 334 g/mol. The first-order valence-electron chi connectivity index (χ1n) is 6.47. The lowest BCUT2D eigenvalue weighted by Crippen LogP contribution is -2.34. The third kappa shape index (κ3) is 5.03. The molecule has 3 N–H and O–H groups in total. The Morgan fingerprint density at radius 3 is 2.48 bits per heavy atom. The lowest BCUT2D eigenvalue weighted by atomic mass is 10.3. The van der Waals surface area contributed by atoms with Crippen LogP contribution in [0.25, 0.3) is 0 Å². The highest BCUT2D eigenvalue weighted by Crippen LogP contribution is 2.19. The van der Waals surface area contributed by atoms with Crippen molar-refractivity contribution in [3.05, 3.63) is 40.9 Å². The van der Waals surface area contributed by atoms with Gasteiger partial charge in [-0.2, -0.15) is 0 Å². The minimum atomic E-state index is -0.299. The highest BCUT2D eigenvalue weighted by atomic mass is 79.9. The second-order valence-electron chi connectivity index (χ2n) is 4.69. The van der Waals surface area contributed by atoms with Crippen molar-refractivity contribution in [3.63, 3.8) is 0 Å². The van der Waals surface area contributed by atoms with Gasteiger partial charge >= 0.3 is 6.03 Å². The fourth-order valence-electron chi connectivity index (χ4n) is 1.59. The third-order valence-corrected chi connectivity index (χ3v) is 2.92. The molecule has 0 saturated carbocycles. The van der Waals surface area contributed by atoms with Gasteiger partial charge in [-0.1, -0.05) is 22.0 Å². The van der Waals surface area contributed by atoms with E-state index in [-0.39, 0.29) is 12.1 Å². The summed E-state index contributed by atoms with van der Waals surface area (Å²) < 4.78 is 0.976. The van der Waals surface area contributed by atoms with Crippen LogP contribution in [0.4, 0.5) is 22.1 Å². The lowest BCUT2D eigenvalue weighted by Gasteiger charge is -2.09. The van der Waals surface area contributed by atoms with Crippen molar-refractivity contribution >= 4 is 39.3 Å². The molecule has 0 aliphatic rings. The highest BCUT2D eigenvalue weighted by Gasteiger charge is 2.05. The first-order chi connectivity index (χ1) is 10.0. The summed E-state index contributed by atoms with van der Waals surface area (Å²) in [5.41, 5.74) is 0.900. The summed E-state index contributed by atoms with van der Waals surface area (Å²) in [4.78, 5) is 11.5. The zero-order valence-corrected chi connectivity index (χ0v) is 13.3. The van der Waals surface area contributed by atoms with Gasteiger partial charge in [0.2, 0.25) is 0 Å². The van der Waals surface area contributed by atoms with E-state index in [9.17, 15) is 4.79 Å². The Morgan fingerprint density at radius 2 is 1.86 bits per heavy atom. The molecule has 0 fully saturated rings. The number of benzene rings is 1. The summed E-state index contributed by atoms with van der Waals surface area (Å²) in [6.07, 6.45) is 0. The Bertz CT molecular complexity index is 615. The van der Waals surface area contributed by atoms with E-state index in [4.69, 9.17) is 0 Å². The van der Waals surface area contributed by atoms with Gasteiger partial charge in [-0.05, 0) is 44.2 Å². The number of carbonyl (C=O) groups is 1. The van der Waals surface area contributed by atoms with Crippen LogP contribution in [0.2, 0.25) is 0 Å². The SMILES string of the molecule is CC(C)NC(=O)Nc1ccc(Nc2cccc(Br)c2)nn1. The van der Waals surface area contributed by atoms with E-state index in [0.29, 0.717) is 11.6 Å². The molecule has 6 nitrogen and oxygen atoms in total. The molecule has 1 aromatic heterocycles. The summed E-state index contributed by atoms with van der Waals surface area (Å²) in [6.45, 7) is 3.77. The Balaban J connectivity index is 1.97. The Labute approximate surface area is 131 Å². The Hall–Kier alpha value is -2.15. The molecule has 110 valence electrons. The molecule has 0 bridgehead atoms. The lowest BCUT2D eigenvalue weighted by molar-refractivity contribution is 0.250. The number of nitrogens with one attached hydrogen (secondary N) is 3. The maximum absolute atomic E-state index is 11.5. The molecule has 0 aliphatic heterocycles. The number of hydrogen-bond donors (Lipinski definition) is 3. The van der Waals surface area contributed by atoms with Crippen LogP contribution in [0.3, 0.4) is 0 Å². The molecule has 21 heavy (non-hydrogen) atoms. The van der Waals surface area contributed by atoms with Crippen LogP contribution in [-0.4, -0.2) is 22.3 Å². The Kier molecular flexibility index (Phi) is 5.10. The normalized spacial score (nSPS) is 10.3. The van der Waals surface area contributed by atoms with Crippen molar-refractivity contribution in [2.75, 3.05) is 10.6 Å². The van der Waals surface area contributed by atoms with Crippen LogP contribution in [-0.2, 0) is 0 Å². The number of amides is 2. The predicted molar refractivity (Wildman–Crippen MR) is 86.7 cm³/mol.